The molecule has 1 aliphatic rings. The van der Waals surface area contributed by atoms with Gasteiger partial charge in [-0.2, -0.15) is 37.0 Å². The van der Waals surface area contributed by atoms with Crippen LogP contribution in [0.5, 0.6) is 0 Å². The van der Waals surface area contributed by atoms with E-state index in [1.54, 1.807) is 34.0 Å². The molecule has 0 aliphatic carbocycles. The summed E-state index contributed by atoms with van der Waals surface area (Å²) in [6.45, 7) is 6.36. The summed E-state index contributed by atoms with van der Waals surface area (Å²) in [7, 11) is 0. The zero-order valence-electron chi connectivity index (χ0n) is 41.0. The van der Waals surface area contributed by atoms with Crippen molar-refractivity contribution in [3.05, 3.63) is 0 Å². The Morgan fingerprint density at radius 1 is 0.662 bits per heavy atom. The van der Waals surface area contributed by atoms with E-state index in [4.69, 9.17) is 17.2 Å². The number of aliphatic imine (C=N–C) groups is 1. The van der Waals surface area contributed by atoms with Crippen molar-refractivity contribution >= 4 is 102 Å². The fourth-order valence-corrected chi connectivity index (χ4v) is 7.93. The third-order valence-corrected chi connectivity index (χ3v) is 12.3. The summed E-state index contributed by atoms with van der Waals surface area (Å²) >= 11 is 9.44. The van der Waals surface area contributed by atoms with Gasteiger partial charge < -0.3 is 80.0 Å². The average Bonchev–Trinajstić information content (AvgIpc) is 3.81. The first-order chi connectivity index (χ1) is 33.4. The molecule has 404 valence electrons. The number of hydrogen-bond acceptors (Lipinski definition) is 17. The lowest BCUT2D eigenvalue weighted by molar-refractivity contribution is -0.143. The summed E-state index contributed by atoms with van der Waals surface area (Å²) < 4.78 is 0. The number of aliphatic hydroxyl groups is 2. The number of likely N-dealkylation sites (tertiary alicyclic amines) is 1. The quantitative estimate of drug-likeness (QED) is 0.0129. The van der Waals surface area contributed by atoms with E-state index < -0.39 is 139 Å². The molecule has 1 aliphatic heterocycles. The lowest BCUT2D eigenvalue weighted by Crippen LogP contribution is -2.62. The average molecular weight is 1070 g/mol. The minimum absolute atomic E-state index is 0.0124. The van der Waals surface area contributed by atoms with Crippen molar-refractivity contribution in [2.45, 2.75) is 134 Å². The van der Waals surface area contributed by atoms with Crippen LogP contribution in [0.2, 0.25) is 0 Å². The van der Waals surface area contributed by atoms with Crippen molar-refractivity contribution in [3.8, 4) is 0 Å². The molecule has 26 nitrogen and oxygen atoms in total. The molecular formula is C42H75N13O13S3. The molecule has 0 aromatic rings. The number of aliphatic carboxylic acids is 1. The number of carbonyl (C=O) groups is 10. The van der Waals surface area contributed by atoms with Gasteiger partial charge in [0.15, 0.2) is 5.96 Å². The van der Waals surface area contributed by atoms with E-state index in [0.717, 1.165) is 0 Å². The highest BCUT2D eigenvalue weighted by atomic mass is 32.2. The number of hydrogen-bond donors (Lipinski definition) is 16. The van der Waals surface area contributed by atoms with Crippen molar-refractivity contribution < 1.29 is 63.3 Å². The Hall–Kier alpha value is -5.10. The number of nitrogens with two attached hydrogens (primary N) is 3. The number of guanidine groups is 1. The van der Waals surface area contributed by atoms with Gasteiger partial charge in [0.1, 0.15) is 54.4 Å². The monoisotopic (exact) mass is 1070 g/mol. The molecule has 10 atom stereocenters. The Balaban J connectivity index is 3.22. The van der Waals surface area contributed by atoms with Gasteiger partial charge in [-0.25, -0.2) is 4.79 Å². The summed E-state index contributed by atoms with van der Waals surface area (Å²) in [5, 5.41) is 49.6. The maximum atomic E-state index is 14.1. The van der Waals surface area contributed by atoms with Crippen LogP contribution in [-0.2, 0) is 47.9 Å². The number of nitrogens with one attached hydrogen (secondary N) is 8. The number of amides is 9. The second kappa shape index (κ2) is 32.8. The maximum absolute atomic E-state index is 14.1. The van der Waals surface area contributed by atoms with E-state index in [1.807, 2.05) is 0 Å². The van der Waals surface area contributed by atoms with Crippen LogP contribution < -0.4 is 59.7 Å². The highest BCUT2D eigenvalue weighted by Crippen LogP contribution is 2.21. The van der Waals surface area contributed by atoms with Gasteiger partial charge in [-0.3, -0.25) is 48.1 Å². The Morgan fingerprint density at radius 3 is 1.65 bits per heavy atom. The van der Waals surface area contributed by atoms with E-state index in [0.29, 0.717) is 12.2 Å². The van der Waals surface area contributed by atoms with Gasteiger partial charge in [0.2, 0.25) is 53.2 Å². The first-order valence-electron chi connectivity index (χ1n) is 23.1. The van der Waals surface area contributed by atoms with Crippen LogP contribution in [0.1, 0.15) is 73.1 Å². The first-order valence-corrected chi connectivity index (χ1v) is 25.7. The predicted octanol–water partition coefficient (Wildman–Crippen LogP) is -5.36. The smallest absolute Gasteiger partial charge is 0.327 e. The highest BCUT2D eigenvalue weighted by Gasteiger charge is 2.40. The van der Waals surface area contributed by atoms with Crippen molar-refractivity contribution in [1.82, 2.24) is 47.4 Å². The van der Waals surface area contributed by atoms with Crippen molar-refractivity contribution in [2.24, 2.45) is 34.0 Å². The molecule has 0 spiro atoms. The molecule has 29 heteroatoms. The van der Waals surface area contributed by atoms with Crippen LogP contribution in [0.3, 0.4) is 0 Å². The molecule has 9 amide bonds. The zero-order chi connectivity index (χ0) is 54.1. The number of thioether (sulfide) groups is 1. The molecule has 0 bridgehead atoms. The second-order valence-electron chi connectivity index (χ2n) is 17.6. The van der Waals surface area contributed by atoms with Gasteiger partial charge in [0.25, 0.3) is 0 Å². The Kier molecular flexibility index (Phi) is 29.5. The molecule has 71 heavy (non-hydrogen) atoms. The van der Waals surface area contributed by atoms with Crippen LogP contribution >= 0.6 is 37.0 Å². The number of carboxylic acids is 1. The molecular weight excluding hydrogens is 991 g/mol. The molecule has 1 saturated heterocycles. The van der Waals surface area contributed by atoms with E-state index in [-0.39, 0.29) is 68.6 Å². The minimum Gasteiger partial charge on any atom is -0.480 e. The molecule has 1 heterocycles. The fourth-order valence-electron chi connectivity index (χ4n) is 6.95. The number of carboxylic acid groups (broad SMARTS) is 1. The molecule has 1 fully saturated rings. The lowest BCUT2D eigenvalue weighted by Gasteiger charge is -2.31. The summed E-state index contributed by atoms with van der Waals surface area (Å²) in [6.07, 6.45) is 2.63. The Morgan fingerprint density at radius 2 is 1.15 bits per heavy atom. The highest BCUT2D eigenvalue weighted by molar-refractivity contribution is 7.98. The minimum atomic E-state index is -1.72. The van der Waals surface area contributed by atoms with Crippen molar-refractivity contribution in [3.63, 3.8) is 0 Å². The van der Waals surface area contributed by atoms with Crippen LogP contribution in [0, 0.1) is 11.8 Å². The van der Waals surface area contributed by atoms with Gasteiger partial charge >= 0.3 is 5.97 Å². The number of thiol groups is 2. The Bertz CT molecular complexity index is 1860. The van der Waals surface area contributed by atoms with Crippen LogP contribution in [0.4, 0.5) is 0 Å². The predicted molar refractivity (Wildman–Crippen MR) is 271 cm³/mol. The topological polar surface area (TPSA) is 421 Å². The summed E-state index contributed by atoms with van der Waals surface area (Å²) in [5.41, 5.74) is 16.4. The third kappa shape index (κ3) is 22.1. The van der Waals surface area contributed by atoms with Crippen LogP contribution in [0.25, 0.3) is 0 Å². The van der Waals surface area contributed by atoms with Crippen molar-refractivity contribution in [1.29, 1.82) is 0 Å². The summed E-state index contributed by atoms with van der Waals surface area (Å²) in [4.78, 5) is 138. The third-order valence-electron chi connectivity index (χ3n) is 10.9. The molecule has 0 radical (unpaired) electrons. The van der Waals surface area contributed by atoms with Crippen LogP contribution in [0.15, 0.2) is 4.99 Å². The SMILES string of the molecule is CSCC[C@H](NC(=O)[C@H](CO)NC(=O)[C@H](CO)NC(=O)[C@@H](NC(=O)[C@H](CC(C)C)NC(=O)[C@H](CS)NC(=O)[C@H](C)N)C(C)C)C(=O)N1CCC[C@H]1C(=O)N[C@@H](CCCN=C(N)N)C(=O)N[C@@H](CS)C(=O)O. The molecule has 1 rings (SSSR count). The van der Waals surface area contributed by atoms with Gasteiger partial charge in [-0.05, 0) is 69.3 Å². The van der Waals surface area contributed by atoms with Crippen molar-refractivity contribution in [2.75, 3.05) is 49.8 Å². The molecule has 0 saturated carbocycles. The van der Waals surface area contributed by atoms with Gasteiger partial charge in [0.05, 0.1) is 19.3 Å². The summed E-state index contributed by atoms with van der Waals surface area (Å²) in [6, 6.07) is -13.1. The lowest BCUT2D eigenvalue weighted by atomic mass is 9.99. The van der Waals surface area contributed by atoms with E-state index >= 15 is 0 Å². The standard InChI is InChI=1S/C42H75N13O13S3/c1-20(2)15-25(49-37(63)28(18-69)52-32(58)22(5)43)34(60)54-31(21(3)4)39(65)51-27(17-57)36(62)50-26(16-56)35(61)48-24(11-14-71-6)40(66)55-13-8-10-30(55)38(64)47-23(9-7-12-46-42(44)45)33(59)53-29(19-70)41(67)68/h20-31,56-57,69-70H,7-19,43H2,1-6H3,(H,47,64)(H,48,61)(H,49,63)(H,50,62)(H,51,65)(H,52,58)(H,53,59)(H,54,60)(H,67,68)(H4,44,45,46)/t22-,23-,24-,25-,26-,27-,28-,29-,30-,31-/m0/s1. The normalized spacial score (nSPS) is 17.1. The van der Waals surface area contributed by atoms with Gasteiger partial charge in [-0.15, -0.1) is 0 Å². The molecule has 17 N–H and O–H groups in total. The van der Waals surface area contributed by atoms with E-state index in [2.05, 4.69) is 72.8 Å². The first kappa shape index (κ1) is 63.9. The molecule has 0 unspecified atom stereocenters. The van der Waals surface area contributed by atoms with Gasteiger partial charge in [-0.1, -0.05) is 27.7 Å². The Labute approximate surface area is 428 Å². The number of rotatable bonds is 32. The summed E-state index contributed by atoms with van der Waals surface area (Å²) in [5.74, 6) is -9.75. The second-order valence-corrected chi connectivity index (χ2v) is 19.3. The van der Waals surface area contributed by atoms with Crippen LogP contribution in [-0.4, -0.2) is 196 Å². The molecule has 0 aromatic carbocycles. The van der Waals surface area contributed by atoms with E-state index in [1.165, 1.54) is 23.6 Å². The zero-order valence-corrected chi connectivity index (χ0v) is 43.6. The van der Waals surface area contributed by atoms with Gasteiger partial charge in [0, 0.05) is 24.6 Å². The number of aliphatic hydroxyl groups excluding tert-OH is 2. The largest absolute Gasteiger partial charge is 0.480 e. The number of carbonyl (C=O) groups excluding carboxylic acids is 9. The number of nitrogens with zero attached hydrogens (tertiary/aromatic N) is 2. The maximum Gasteiger partial charge on any atom is 0.327 e. The van der Waals surface area contributed by atoms with E-state index in [9.17, 15) is 63.3 Å². The molecule has 0 aromatic heterocycles. The fraction of sp³-hybridized carbons (Fsp3) is 0.738.